The van der Waals surface area contributed by atoms with Gasteiger partial charge < -0.3 is 9.47 Å². The molecule has 1 aliphatic carbocycles. The molecule has 0 fully saturated rings. The number of para-hydroxylation sites is 1. The molecule has 0 heterocycles. The number of hydrogen-bond donors (Lipinski definition) is 0. The van der Waals surface area contributed by atoms with E-state index in [0.29, 0.717) is 12.3 Å². The van der Waals surface area contributed by atoms with Crippen LogP contribution in [0.3, 0.4) is 0 Å². The number of esters is 1. The van der Waals surface area contributed by atoms with Crippen LogP contribution in [0, 0.1) is 5.92 Å². The minimum atomic E-state index is -0.821. The van der Waals surface area contributed by atoms with E-state index in [0.717, 1.165) is 22.4 Å². The molecule has 152 valence electrons. The number of benzene rings is 2. The van der Waals surface area contributed by atoms with E-state index in [1.165, 1.54) is 5.56 Å². The fraction of sp³-hybridized carbons (Fsp3) is 0.360. The van der Waals surface area contributed by atoms with Gasteiger partial charge in [-0.25, -0.2) is 0 Å². The summed E-state index contributed by atoms with van der Waals surface area (Å²) in [6.07, 6.45) is 2.15. The van der Waals surface area contributed by atoms with E-state index in [2.05, 4.69) is 26.0 Å². The smallest absolute Gasteiger partial charge is 0.317 e. The lowest BCUT2D eigenvalue weighted by molar-refractivity contribution is -0.151. The lowest BCUT2D eigenvalue weighted by Gasteiger charge is -2.30. The number of methoxy groups -OCH3 is 1. The highest BCUT2D eigenvalue weighted by Gasteiger charge is 2.40. The summed E-state index contributed by atoms with van der Waals surface area (Å²) in [5.74, 6) is -0.623. The van der Waals surface area contributed by atoms with Gasteiger partial charge >= 0.3 is 5.97 Å². The van der Waals surface area contributed by atoms with Gasteiger partial charge in [-0.3, -0.25) is 9.59 Å². The first kappa shape index (κ1) is 20.8. The lowest BCUT2D eigenvalue weighted by Crippen LogP contribution is -2.34. The number of hydrogen-bond acceptors (Lipinski definition) is 4. The third-order valence-electron chi connectivity index (χ3n) is 5.49. The second kappa shape index (κ2) is 9.08. The number of carbonyl (C=O) groups excluding carboxylic acids is 2. The number of carbonyl (C=O) groups is 2. The molecule has 0 radical (unpaired) electrons. The summed E-state index contributed by atoms with van der Waals surface area (Å²) in [7, 11) is 1.62. The first-order valence-corrected chi connectivity index (χ1v) is 10.1. The maximum absolute atomic E-state index is 13.0. The third-order valence-corrected chi connectivity index (χ3v) is 5.49. The van der Waals surface area contributed by atoms with Crippen LogP contribution < -0.4 is 4.74 Å². The van der Waals surface area contributed by atoms with Crippen molar-refractivity contribution in [1.82, 2.24) is 0 Å². The van der Waals surface area contributed by atoms with Crippen molar-refractivity contribution >= 4 is 17.3 Å². The molecule has 4 nitrogen and oxygen atoms in total. The molecule has 0 saturated heterocycles. The van der Waals surface area contributed by atoms with E-state index < -0.39 is 11.9 Å². The van der Waals surface area contributed by atoms with Gasteiger partial charge in [-0.1, -0.05) is 56.3 Å². The van der Waals surface area contributed by atoms with Crippen molar-refractivity contribution < 1.29 is 19.1 Å². The third kappa shape index (κ3) is 4.42. The molecule has 2 aromatic carbocycles. The van der Waals surface area contributed by atoms with Gasteiger partial charge in [0.25, 0.3) is 0 Å². The van der Waals surface area contributed by atoms with Gasteiger partial charge in [0.2, 0.25) is 0 Å². The van der Waals surface area contributed by atoms with Crippen LogP contribution >= 0.6 is 0 Å². The molecule has 0 N–H and O–H groups in total. The Morgan fingerprint density at radius 2 is 1.79 bits per heavy atom. The van der Waals surface area contributed by atoms with E-state index in [1.54, 1.807) is 20.1 Å². The first-order chi connectivity index (χ1) is 14.0. The largest absolute Gasteiger partial charge is 0.496 e. The van der Waals surface area contributed by atoms with E-state index in [9.17, 15) is 9.59 Å². The van der Waals surface area contributed by atoms with Gasteiger partial charge in [-0.05, 0) is 48.1 Å². The lowest BCUT2D eigenvalue weighted by atomic mass is 9.73. The molecule has 0 unspecified atom stereocenters. The summed E-state index contributed by atoms with van der Waals surface area (Å²) in [4.78, 5) is 25.7. The fourth-order valence-electron chi connectivity index (χ4n) is 3.92. The Morgan fingerprint density at radius 3 is 2.41 bits per heavy atom. The zero-order chi connectivity index (χ0) is 21.0. The van der Waals surface area contributed by atoms with Crippen LogP contribution in [-0.2, 0) is 14.3 Å². The van der Waals surface area contributed by atoms with Crippen molar-refractivity contribution in [2.24, 2.45) is 5.92 Å². The molecular formula is C25H28O4. The molecular weight excluding hydrogens is 364 g/mol. The Labute approximate surface area is 172 Å². The van der Waals surface area contributed by atoms with E-state index in [1.807, 2.05) is 36.4 Å². The SMILES string of the molecule is CCOC(=O)[C@H]1C(=O)C=C(c2ccccc2OC)C[C@@H]1c1ccc(C(C)C)cc1. The first-order valence-electron chi connectivity index (χ1n) is 10.1. The molecule has 2 aromatic rings. The Hall–Kier alpha value is -2.88. The maximum atomic E-state index is 13.0. The van der Waals surface area contributed by atoms with Crippen molar-refractivity contribution in [3.8, 4) is 5.75 Å². The van der Waals surface area contributed by atoms with Crippen molar-refractivity contribution in [3.63, 3.8) is 0 Å². The van der Waals surface area contributed by atoms with Gasteiger partial charge in [0.15, 0.2) is 5.78 Å². The highest BCUT2D eigenvalue weighted by Crippen LogP contribution is 2.42. The fourth-order valence-corrected chi connectivity index (χ4v) is 3.92. The Bertz CT molecular complexity index is 909. The molecule has 0 amide bonds. The van der Waals surface area contributed by atoms with E-state index in [4.69, 9.17) is 9.47 Å². The van der Waals surface area contributed by atoms with Gasteiger partial charge in [0, 0.05) is 11.5 Å². The highest BCUT2D eigenvalue weighted by atomic mass is 16.5. The summed E-state index contributed by atoms with van der Waals surface area (Å²) < 4.78 is 10.7. The standard InChI is InChI=1S/C25H28O4/c1-5-29-25(27)24-21(18-12-10-17(11-13-18)16(2)3)14-19(15-22(24)26)20-8-6-7-9-23(20)28-4/h6-13,15-16,21,24H,5,14H2,1-4H3/t21-,24-/m1/s1. The van der Waals surface area contributed by atoms with Crippen molar-refractivity contribution in [1.29, 1.82) is 0 Å². The van der Waals surface area contributed by atoms with Crippen LogP contribution in [-0.4, -0.2) is 25.5 Å². The van der Waals surface area contributed by atoms with Crippen molar-refractivity contribution in [2.75, 3.05) is 13.7 Å². The quantitative estimate of drug-likeness (QED) is 0.505. The molecule has 3 rings (SSSR count). The molecule has 0 saturated carbocycles. The zero-order valence-corrected chi connectivity index (χ0v) is 17.5. The minimum absolute atomic E-state index is 0.214. The predicted molar refractivity (Wildman–Crippen MR) is 114 cm³/mol. The average Bonchev–Trinajstić information content (AvgIpc) is 2.73. The predicted octanol–water partition coefficient (Wildman–Crippen LogP) is 5.14. The van der Waals surface area contributed by atoms with Gasteiger partial charge in [-0.15, -0.1) is 0 Å². The van der Waals surface area contributed by atoms with Crippen molar-refractivity contribution in [3.05, 3.63) is 71.3 Å². The number of ether oxygens (including phenoxy) is 2. The number of ketones is 1. The van der Waals surface area contributed by atoms with Crippen LogP contribution in [0.15, 0.2) is 54.6 Å². The molecule has 0 aliphatic heterocycles. The molecule has 29 heavy (non-hydrogen) atoms. The van der Waals surface area contributed by atoms with Gasteiger partial charge in [-0.2, -0.15) is 0 Å². The van der Waals surface area contributed by atoms with Gasteiger partial charge in [0.1, 0.15) is 11.7 Å². The Kier molecular flexibility index (Phi) is 6.53. The number of allylic oxidation sites excluding steroid dienone is 2. The topological polar surface area (TPSA) is 52.6 Å². The second-order valence-electron chi connectivity index (χ2n) is 7.63. The molecule has 2 atom stereocenters. The molecule has 0 aromatic heterocycles. The maximum Gasteiger partial charge on any atom is 0.317 e. The summed E-state index contributed by atoms with van der Waals surface area (Å²) in [6, 6.07) is 15.9. The minimum Gasteiger partial charge on any atom is -0.496 e. The summed E-state index contributed by atoms with van der Waals surface area (Å²) in [5.41, 5.74) is 3.96. The monoisotopic (exact) mass is 392 g/mol. The summed E-state index contributed by atoms with van der Waals surface area (Å²) >= 11 is 0. The summed E-state index contributed by atoms with van der Waals surface area (Å²) in [5, 5.41) is 0. The highest BCUT2D eigenvalue weighted by molar-refractivity contribution is 6.11. The number of rotatable bonds is 6. The second-order valence-corrected chi connectivity index (χ2v) is 7.63. The van der Waals surface area contributed by atoms with Crippen LogP contribution in [0.4, 0.5) is 0 Å². The Balaban J connectivity index is 2.03. The van der Waals surface area contributed by atoms with Crippen LogP contribution in [0.1, 0.15) is 55.7 Å². The van der Waals surface area contributed by atoms with E-state index >= 15 is 0 Å². The van der Waals surface area contributed by atoms with Crippen LogP contribution in [0.2, 0.25) is 0 Å². The molecule has 4 heteroatoms. The molecule has 1 aliphatic rings. The molecule has 0 spiro atoms. The van der Waals surface area contributed by atoms with Crippen LogP contribution in [0.25, 0.3) is 5.57 Å². The van der Waals surface area contributed by atoms with E-state index in [-0.39, 0.29) is 18.3 Å². The van der Waals surface area contributed by atoms with Gasteiger partial charge in [0.05, 0.1) is 13.7 Å². The normalized spacial score (nSPS) is 19.1. The zero-order valence-electron chi connectivity index (χ0n) is 17.5. The molecule has 0 bridgehead atoms. The van der Waals surface area contributed by atoms with Crippen LogP contribution in [0.5, 0.6) is 5.75 Å². The average molecular weight is 392 g/mol. The Morgan fingerprint density at radius 1 is 1.10 bits per heavy atom. The van der Waals surface area contributed by atoms with Crippen molar-refractivity contribution in [2.45, 2.75) is 39.0 Å². The summed E-state index contributed by atoms with van der Waals surface area (Å²) in [6.45, 7) is 6.30.